The quantitative estimate of drug-likeness (QED) is 0.767. The van der Waals surface area contributed by atoms with Crippen LogP contribution in [0, 0.1) is 5.92 Å². The van der Waals surface area contributed by atoms with E-state index in [0.717, 1.165) is 12.0 Å². The van der Waals surface area contributed by atoms with Gasteiger partial charge in [-0.25, -0.2) is 0 Å². The smallest absolute Gasteiger partial charge is 0.00698 e. The zero-order valence-electron chi connectivity index (χ0n) is 11.7. The molecule has 2 atom stereocenters. The predicted octanol–water partition coefficient (Wildman–Crippen LogP) is 4.18. The Morgan fingerprint density at radius 2 is 1.89 bits per heavy atom. The molecule has 2 rings (SSSR count). The zero-order valence-corrected chi connectivity index (χ0v) is 11.7. The second-order valence-electron chi connectivity index (χ2n) is 5.73. The number of benzene rings is 1. The fraction of sp³-hybridized carbons (Fsp3) is 0.647. The summed E-state index contributed by atoms with van der Waals surface area (Å²) in [4.78, 5) is 0. The van der Waals surface area contributed by atoms with E-state index in [9.17, 15) is 0 Å². The maximum Gasteiger partial charge on any atom is 0.00698 e. The Morgan fingerprint density at radius 3 is 2.67 bits per heavy atom. The molecule has 2 unspecified atom stereocenters. The molecule has 0 amide bonds. The Morgan fingerprint density at radius 1 is 1.11 bits per heavy atom. The van der Waals surface area contributed by atoms with Crippen LogP contribution in [-0.2, 0) is 6.42 Å². The first-order valence-electron chi connectivity index (χ1n) is 7.65. The molecule has 0 spiro atoms. The van der Waals surface area contributed by atoms with Crippen molar-refractivity contribution in [2.24, 2.45) is 5.92 Å². The van der Waals surface area contributed by atoms with E-state index < -0.39 is 0 Å². The van der Waals surface area contributed by atoms with Crippen LogP contribution >= 0.6 is 0 Å². The molecule has 0 aliphatic heterocycles. The minimum atomic E-state index is 0.765. The van der Waals surface area contributed by atoms with Crippen LogP contribution in [0.1, 0.15) is 51.0 Å². The Kier molecular flexibility index (Phi) is 5.73. The first-order chi connectivity index (χ1) is 8.88. The number of rotatable bonds is 5. The van der Waals surface area contributed by atoms with Crippen LogP contribution in [0.4, 0.5) is 0 Å². The van der Waals surface area contributed by atoms with Crippen molar-refractivity contribution in [1.82, 2.24) is 5.32 Å². The van der Waals surface area contributed by atoms with Crippen LogP contribution in [0.15, 0.2) is 30.3 Å². The molecule has 0 aromatic heterocycles. The van der Waals surface area contributed by atoms with E-state index >= 15 is 0 Å². The highest BCUT2D eigenvalue weighted by molar-refractivity contribution is 5.15. The third-order valence-corrected chi connectivity index (χ3v) is 4.08. The van der Waals surface area contributed by atoms with Crippen molar-refractivity contribution in [3.8, 4) is 0 Å². The summed E-state index contributed by atoms with van der Waals surface area (Å²) in [5.41, 5.74) is 1.51. The molecule has 1 heteroatoms. The van der Waals surface area contributed by atoms with Gasteiger partial charge in [-0.15, -0.1) is 0 Å². The molecule has 0 heterocycles. The van der Waals surface area contributed by atoms with Gasteiger partial charge in [0, 0.05) is 6.04 Å². The van der Waals surface area contributed by atoms with Crippen LogP contribution < -0.4 is 5.32 Å². The number of hydrogen-bond donors (Lipinski definition) is 1. The average Bonchev–Trinajstić information content (AvgIpc) is 2.63. The molecular weight excluding hydrogens is 218 g/mol. The van der Waals surface area contributed by atoms with Crippen molar-refractivity contribution >= 4 is 0 Å². The van der Waals surface area contributed by atoms with Gasteiger partial charge in [-0.2, -0.15) is 0 Å². The lowest BCUT2D eigenvalue weighted by molar-refractivity contribution is 0.384. The van der Waals surface area contributed by atoms with Gasteiger partial charge in [-0.05, 0) is 43.7 Å². The van der Waals surface area contributed by atoms with Crippen molar-refractivity contribution in [1.29, 1.82) is 0 Å². The largest absolute Gasteiger partial charge is 0.314 e. The van der Waals surface area contributed by atoms with Gasteiger partial charge in [-0.3, -0.25) is 0 Å². The van der Waals surface area contributed by atoms with Crippen molar-refractivity contribution in [2.45, 2.75) is 57.9 Å². The number of nitrogens with one attached hydrogen (secondary N) is 1. The first-order valence-corrected chi connectivity index (χ1v) is 7.65. The van der Waals surface area contributed by atoms with Crippen LogP contribution in [0.2, 0.25) is 0 Å². The second kappa shape index (κ2) is 7.58. The predicted molar refractivity (Wildman–Crippen MR) is 78.8 cm³/mol. The van der Waals surface area contributed by atoms with Gasteiger partial charge in [0.25, 0.3) is 0 Å². The van der Waals surface area contributed by atoms with Crippen LogP contribution in [-0.4, -0.2) is 12.6 Å². The molecule has 18 heavy (non-hydrogen) atoms. The molecule has 1 aliphatic rings. The molecule has 0 radical (unpaired) electrons. The van der Waals surface area contributed by atoms with Gasteiger partial charge >= 0.3 is 0 Å². The zero-order chi connectivity index (χ0) is 12.6. The third kappa shape index (κ3) is 4.45. The summed E-state index contributed by atoms with van der Waals surface area (Å²) in [6, 6.07) is 11.8. The highest BCUT2D eigenvalue weighted by Crippen LogP contribution is 2.26. The summed E-state index contributed by atoms with van der Waals surface area (Å²) >= 11 is 0. The van der Waals surface area contributed by atoms with Gasteiger partial charge in [0.05, 0.1) is 0 Å². The number of hydrogen-bond acceptors (Lipinski definition) is 1. The fourth-order valence-corrected chi connectivity index (χ4v) is 3.13. The van der Waals surface area contributed by atoms with E-state index in [-0.39, 0.29) is 0 Å². The normalized spacial score (nSPS) is 24.7. The molecule has 1 aromatic carbocycles. The van der Waals surface area contributed by atoms with Crippen molar-refractivity contribution in [3.63, 3.8) is 0 Å². The Labute approximate surface area is 112 Å². The van der Waals surface area contributed by atoms with E-state index in [4.69, 9.17) is 0 Å². The van der Waals surface area contributed by atoms with Crippen LogP contribution in [0.25, 0.3) is 0 Å². The molecular formula is C17H27N. The summed E-state index contributed by atoms with van der Waals surface area (Å²) in [5.74, 6) is 0.879. The molecule has 0 bridgehead atoms. The molecule has 1 saturated carbocycles. The minimum Gasteiger partial charge on any atom is -0.314 e. The third-order valence-electron chi connectivity index (χ3n) is 4.08. The Balaban J connectivity index is 1.86. The molecule has 1 nitrogen and oxygen atoms in total. The molecule has 1 N–H and O–H groups in total. The molecule has 1 aromatic rings. The summed E-state index contributed by atoms with van der Waals surface area (Å²) < 4.78 is 0. The van der Waals surface area contributed by atoms with Gasteiger partial charge < -0.3 is 5.32 Å². The molecule has 1 aliphatic carbocycles. The van der Waals surface area contributed by atoms with Crippen LogP contribution in [0.3, 0.4) is 0 Å². The van der Waals surface area contributed by atoms with Crippen LogP contribution in [0.5, 0.6) is 0 Å². The standard InChI is InChI=1S/C17H27N/c1-2-12-18-17-11-7-6-10-16(14-17)13-15-8-4-3-5-9-15/h3-5,8-9,16-18H,2,6-7,10-14H2,1H3. The fourth-order valence-electron chi connectivity index (χ4n) is 3.13. The molecule has 0 saturated heterocycles. The first kappa shape index (κ1) is 13.6. The van der Waals surface area contributed by atoms with E-state index in [0.29, 0.717) is 0 Å². The van der Waals surface area contributed by atoms with E-state index in [1.165, 1.54) is 57.1 Å². The average molecular weight is 245 g/mol. The van der Waals surface area contributed by atoms with Crippen molar-refractivity contribution < 1.29 is 0 Å². The maximum absolute atomic E-state index is 3.73. The SMILES string of the molecule is CCCNC1CCCCC(Cc2ccccc2)C1. The van der Waals surface area contributed by atoms with Gasteiger partial charge in [-0.1, -0.05) is 56.5 Å². The van der Waals surface area contributed by atoms with Gasteiger partial charge in [0.15, 0.2) is 0 Å². The van der Waals surface area contributed by atoms with Crippen molar-refractivity contribution in [3.05, 3.63) is 35.9 Å². The molecule has 1 fully saturated rings. The van der Waals surface area contributed by atoms with Crippen molar-refractivity contribution in [2.75, 3.05) is 6.54 Å². The van der Waals surface area contributed by atoms with Gasteiger partial charge in [0.1, 0.15) is 0 Å². The molecule has 100 valence electrons. The summed E-state index contributed by atoms with van der Waals surface area (Å²) in [7, 11) is 0. The lowest BCUT2D eigenvalue weighted by Gasteiger charge is -2.21. The summed E-state index contributed by atoms with van der Waals surface area (Å²) in [6.07, 6.45) is 9.51. The lowest BCUT2D eigenvalue weighted by Crippen LogP contribution is -2.31. The lowest BCUT2D eigenvalue weighted by atomic mass is 9.91. The Bertz CT molecular complexity index is 320. The second-order valence-corrected chi connectivity index (χ2v) is 5.73. The van der Waals surface area contributed by atoms with E-state index in [2.05, 4.69) is 42.6 Å². The van der Waals surface area contributed by atoms with E-state index in [1.807, 2.05) is 0 Å². The highest BCUT2D eigenvalue weighted by atomic mass is 14.9. The minimum absolute atomic E-state index is 0.765. The summed E-state index contributed by atoms with van der Waals surface area (Å²) in [5, 5.41) is 3.73. The monoisotopic (exact) mass is 245 g/mol. The topological polar surface area (TPSA) is 12.0 Å². The Hall–Kier alpha value is -0.820. The van der Waals surface area contributed by atoms with E-state index in [1.54, 1.807) is 0 Å². The van der Waals surface area contributed by atoms with Gasteiger partial charge in [0.2, 0.25) is 0 Å². The summed E-state index contributed by atoms with van der Waals surface area (Å²) in [6.45, 7) is 3.44. The maximum atomic E-state index is 3.73. The highest BCUT2D eigenvalue weighted by Gasteiger charge is 2.19.